The maximum atomic E-state index is 12.0. The molecule has 0 aromatic rings. The Morgan fingerprint density at radius 1 is 1.25 bits per heavy atom. The van der Waals surface area contributed by atoms with Crippen molar-refractivity contribution in [3.63, 3.8) is 0 Å². The van der Waals surface area contributed by atoms with Gasteiger partial charge in [-0.05, 0) is 50.6 Å². The van der Waals surface area contributed by atoms with E-state index in [1.54, 1.807) is 0 Å². The van der Waals surface area contributed by atoms with E-state index in [-0.39, 0.29) is 5.25 Å². The lowest BCUT2D eigenvalue weighted by Gasteiger charge is -2.23. The van der Waals surface area contributed by atoms with Gasteiger partial charge < -0.3 is 5.32 Å². The molecule has 1 saturated heterocycles. The van der Waals surface area contributed by atoms with E-state index in [2.05, 4.69) is 17.0 Å². The Morgan fingerprint density at radius 2 is 1.88 bits per heavy atom. The van der Waals surface area contributed by atoms with Gasteiger partial charge >= 0.3 is 0 Å². The van der Waals surface area contributed by atoms with E-state index in [1.165, 1.54) is 12.8 Å². The standard InChI is InChI=1S/C11H22N2O2S/c1-9(10-2-3-10)8-13-16(14,15)11-4-6-12-7-5-11/h9-13H,2-8H2,1H3. The van der Waals surface area contributed by atoms with Crippen LogP contribution in [-0.4, -0.2) is 33.3 Å². The van der Waals surface area contributed by atoms with Crippen LogP contribution in [0.4, 0.5) is 0 Å². The first-order chi connectivity index (χ1) is 7.59. The average molecular weight is 246 g/mol. The first kappa shape index (κ1) is 12.3. The van der Waals surface area contributed by atoms with Gasteiger partial charge in [0.25, 0.3) is 0 Å². The smallest absolute Gasteiger partial charge is 0.214 e. The van der Waals surface area contributed by atoms with Crippen LogP contribution in [-0.2, 0) is 10.0 Å². The minimum atomic E-state index is -3.07. The Hall–Kier alpha value is -0.130. The van der Waals surface area contributed by atoms with E-state index >= 15 is 0 Å². The zero-order chi connectivity index (χ0) is 11.6. The summed E-state index contributed by atoms with van der Waals surface area (Å²) in [7, 11) is -3.07. The van der Waals surface area contributed by atoms with E-state index in [0.717, 1.165) is 31.8 Å². The number of rotatable bonds is 5. The summed E-state index contributed by atoms with van der Waals surface area (Å²) >= 11 is 0. The van der Waals surface area contributed by atoms with Crippen LogP contribution in [0.25, 0.3) is 0 Å². The maximum Gasteiger partial charge on any atom is 0.214 e. The van der Waals surface area contributed by atoms with Crippen LogP contribution >= 0.6 is 0 Å². The van der Waals surface area contributed by atoms with Crippen LogP contribution < -0.4 is 10.0 Å². The van der Waals surface area contributed by atoms with E-state index < -0.39 is 10.0 Å². The number of hydrogen-bond donors (Lipinski definition) is 2. The van der Waals surface area contributed by atoms with Crippen molar-refractivity contribution in [2.24, 2.45) is 11.8 Å². The second-order valence-corrected chi connectivity index (χ2v) is 7.20. The fourth-order valence-electron chi connectivity index (χ4n) is 2.30. The normalized spacial score (nSPS) is 25.6. The summed E-state index contributed by atoms with van der Waals surface area (Å²) < 4.78 is 26.8. The molecule has 2 rings (SSSR count). The summed E-state index contributed by atoms with van der Waals surface area (Å²) in [5.41, 5.74) is 0. The van der Waals surface area contributed by atoms with Crippen LogP contribution in [0.15, 0.2) is 0 Å². The first-order valence-corrected chi connectivity index (χ1v) is 7.83. The summed E-state index contributed by atoms with van der Waals surface area (Å²) in [5, 5.41) is 3.01. The molecule has 0 aromatic heterocycles. The van der Waals surface area contributed by atoms with Crippen LogP contribution in [0, 0.1) is 11.8 Å². The highest BCUT2D eigenvalue weighted by molar-refractivity contribution is 7.90. The number of nitrogens with one attached hydrogen (secondary N) is 2. The Bertz CT molecular complexity index is 319. The molecule has 16 heavy (non-hydrogen) atoms. The molecule has 0 aromatic carbocycles. The highest BCUT2D eigenvalue weighted by Gasteiger charge is 2.31. The maximum absolute atomic E-state index is 12.0. The molecule has 4 nitrogen and oxygen atoms in total. The minimum absolute atomic E-state index is 0.180. The molecule has 1 aliphatic heterocycles. The van der Waals surface area contributed by atoms with Crippen molar-refractivity contribution in [3.8, 4) is 0 Å². The third-order valence-electron chi connectivity index (χ3n) is 3.76. The van der Waals surface area contributed by atoms with Gasteiger partial charge in [-0.1, -0.05) is 6.92 Å². The molecule has 94 valence electrons. The quantitative estimate of drug-likeness (QED) is 0.751. The summed E-state index contributed by atoms with van der Waals surface area (Å²) in [4.78, 5) is 0. The van der Waals surface area contributed by atoms with Gasteiger partial charge in [-0.2, -0.15) is 0 Å². The van der Waals surface area contributed by atoms with Gasteiger partial charge in [-0.15, -0.1) is 0 Å². The van der Waals surface area contributed by atoms with Gasteiger partial charge in [0, 0.05) is 6.54 Å². The molecule has 2 aliphatic rings. The molecule has 1 saturated carbocycles. The van der Waals surface area contributed by atoms with Gasteiger partial charge in [0.1, 0.15) is 0 Å². The summed E-state index contributed by atoms with van der Waals surface area (Å²) in [6.45, 7) is 4.41. The first-order valence-electron chi connectivity index (χ1n) is 6.29. The zero-order valence-corrected chi connectivity index (χ0v) is 10.7. The largest absolute Gasteiger partial charge is 0.317 e. The Morgan fingerprint density at radius 3 is 2.44 bits per heavy atom. The summed E-state index contributed by atoms with van der Waals surface area (Å²) in [6.07, 6.45) is 4.03. The molecule has 5 heteroatoms. The lowest BCUT2D eigenvalue weighted by molar-refractivity contribution is 0.467. The number of hydrogen-bond acceptors (Lipinski definition) is 3. The lowest BCUT2D eigenvalue weighted by atomic mass is 10.1. The predicted molar refractivity (Wildman–Crippen MR) is 64.7 cm³/mol. The fraction of sp³-hybridized carbons (Fsp3) is 1.00. The number of sulfonamides is 1. The molecular weight excluding hydrogens is 224 g/mol. The van der Waals surface area contributed by atoms with Crippen LogP contribution in [0.1, 0.15) is 32.6 Å². The third kappa shape index (κ3) is 3.18. The molecule has 0 spiro atoms. The molecule has 0 bridgehead atoms. The molecule has 1 aliphatic carbocycles. The van der Waals surface area contributed by atoms with Gasteiger partial charge in [0.05, 0.1) is 5.25 Å². The molecule has 2 fully saturated rings. The molecular formula is C11H22N2O2S. The Balaban J connectivity index is 1.81. The molecule has 1 heterocycles. The van der Waals surface area contributed by atoms with Crippen molar-refractivity contribution in [1.82, 2.24) is 10.0 Å². The Kier molecular flexibility index (Phi) is 3.87. The van der Waals surface area contributed by atoms with Gasteiger partial charge in [-0.25, -0.2) is 13.1 Å². The summed E-state index contributed by atoms with van der Waals surface area (Å²) in [6, 6.07) is 0. The van der Waals surface area contributed by atoms with Crippen LogP contribution in [0.2, 0.25) is 0 Å². The van der Waals surface area contributed by atoms with E-state index in [4.69, 9.17) is 0 Å². The average Bonchev–Trinajstić information content (AvgIpc) is 3.11. The highest BCUT2D eigenvalue weighted by Crippen LogP contribution is 2.36. The second-order valence-electron chi connectivity index (χ2n) is 5.16. The molecule has 0 amide bonds. The monoisotopic (exact) mass is 246 g/mol. The van der Waals surface area contributed by atoms with E-state index in [9.17, 15) is 8.42 Å². The molecule has 1 unspecified atom stereocenters. The summed E-state index contributed by atoms with van der Waals surface area (Å²) in [5.74, 6) is 1.26. The second kappa shape index (κ2) is 5.02. The van der Waals surface area contributed by atoms with Crippen molar-refractivity contribution >= 4 is 10.0 Å². The van der Waals surface area contributed by atoms with E-state index in [1.807, 2.05) is 0 Å². The van der Waals surface area contributed by atoms with Crippen molar-refractivity contribution in [2.75, 3.05) is 19.6 Å². The topological polar surface area (TPSA) is 58.2 Å². The SMILES string of the molecule is CC(CNS(=O)(=O)C1CCNCC1)C1CC1. The van der Waals surface area contributed by atoms with Gasteiger partial charge in [0.2, 0.25) is 10.0 Å². The molecule has 0 radical (unpaired) electrons. The minimum Gasteiger partial charge on any atom is -0.317 e. The Labute approximate surface area is 98.2 Å². The van der Waals surface area contributed by atoms with Crippen molar-refractivity contribution in [2.45, 2.75) is 37.9 Å². The van der Waals surface area contributed by atoms with Crippen molar-refractivity contribution in [3.05, 3.63) is 0 Å². The van der Waals surface area contributed by atoms with Crippen molar-refractivity contribution in [1.29, 1.82) is 0 Å². The lowest BCUT2D eigenvalue weighted by Crippen LogP contribution is -2.42. The third-order valence-corrected chi connectivity index (χ3v) is 5.68. The van der Waals surface area contributed by atoms with Gasteiger partial charge in [0.15, 0.2) is 0 Å². The number of piperidine rings is 1. The van der Waals surface area contributed by atoms with Crippen molar-refractivity contribution < 1.29 is 8.42 Å². The molecule has 1 atom stereocenters. The van der Waals surface area contributed by atoms with Crippen LogP contribution in [0.5, 0.6) is 0 Å². The highest BCUT2D eigenvalue weighted by atomic mass is 32.2. The fourth-order valence-corrected chi connectivity index (χ4v) is 3.89. The molecule has 2 N–H and O–H groups in total. The predicted octanol–water partition coefficient (Wildman–Crippen LogP) is 0.704. The van der Waals surface area contributed by atoms with Crippen LogP contribution in [0.3, 0.4) is 0 Å². The van der Waals surface area contributed by atoms with Gasteiger partial charge in [-0.3, -0.25) is 0 Å². The zero-order valence-electron chi connectivity index (χ0n) is 9.91. The van der Waals surface area contributed by atoms with E-state index in [0.29, 0.717) is 12.5 Å².